The van der Waals surface area contributed by atoms with Crippen LogP contribution in [0.3, 0.4) is 0 Å². The molecular formula is C17H23N3O2S. The van der Waals surface area contributed by atoms with Gasteiger partial charge in [0, 0.05) is 29.6 Å². The summed E-state index contributed by atoms with van der Waals surface area (Å²) in [6.07, 6.45) is 4.26. The Balaban J connectivity index is 1.60. The number of hydrogen-bond donors (Lipinski definition) is 2. The number of piperidine rings is 1. The zero-order chi connectivity index (χ0) is 16.2. The number of carbonyl (C=O) groups excluding carboxylic acids is 2. The fraction of sp³-hybridized carbons (Fsp3) is 0.529. The maximum Gasteiger partial charge on any atom is 0.227 e. The van der Waals surface area contributed by atoms with Crippen molar-refractivity contribution in [3.8, 4) is 0 Å². The molecule has 2 aliphatic heterocycles. The second-order valence-electron chi connectivity index (χ2n) is 6.14. The molecule has 23 heavy (non-hydrogen) atoms. The fourth-order valence-electron chi connectivity index (χ4n) is 3.18. The summed E-state index contributed by atoms with van der Waals surface area (Å²) in [5.74, 6) is -0.182. The molecule has 0 bridgehead atoms. The van der Waals surface area contributed by atoms with E-state index in [1.807, 2.05) is 30.5 Å². The first-order chi connectivity index (χ1) is 11.2. The van der Waals surface area contributed by atoms with Crippen LogP contribution in [0, 0.1) is 5.92 Å². The molecule has 1 aromatic rings. The van der Waals surface area contributed by atoms with Gasteiger partial charge < -0.3 is 15.5 Å². The number of rotatable bonds is 4. The van der Waals surface area contributed by atoms with Gasteiger partial charge in [-0.1, -0.05) is 0 Å². The van der Waals surface area contributed by atoms with Crippen molar-refractivity contribution < 1.29 is 9.59 Å². The van der Waals surface area contributed by atoms with Gasteiger partial charge in [0.1, 0.15) is 0 Å². The minimum atomic E-state index is -0.238. The summed E-state index contributed by atoms with van der Waals surface area (Å²) in [5, 5.41) is 6.40. The van der Waals surface area contributed by atoms with Crippen molar-refractivity contribution in [2.45, 2.75) is 30.2 Å². The summed E-state index contributed by atoms with van der Waals surface area (Å²) in [5.41, 5.74) is 0.880. The highest BCUT2D eigenvalue weighted by molar-refractivity contribution is 7.98. The molecule has 0 spiro atoms. The number of hydrogen-bond acceptors (Lipinski definition) is 4. The SMILES string of the molecule is CSc1ccc(N2CC(C(=O)NC3CCNCC3)CC2=O)cc1. The van der Waals surface area contributed by atoms with E-state index < -0.39 is 0 Å². The van der Waals surface area contributed by atoms with Crippen LogP contribution in [-0.4, -0.2) is 43.7 Å². The second kappa shape index (κ2) is 7.36. The van der Waals surface area contributed by atoms with Crippen LogP contribution in [0.2, 0.25) is 0 Å². The lowest BCUT2D eigenvalue weighted by atomic mass is 10.0. The lowest BCUT2D eigenvalue weighted by molar-refractivity contribution is -0.127. The second-order valence-corrected chi connectivity index (χ2v) is 7.02. The molecule has 3 rings (SSSR count). The largest absolute Gasteiger partial charge is 0.353 e. The van der Waals surface area contributed by atoms with Gasteiger partial charge >= 0.3 is 0 Å². The van der Waals surface area contributed by atoms with Gasteiger partial charge in [-0.2, -0.15) is 0 Å². The first-order valence-electron chi connectivity index (χ1n) is 8.13. The lowest BCUT2D eigenvalue weighted by Crippen LogP contribution is -2.45. The van der Waals surface area contributed by atoms with Crippen molar-refractivity contribution in [2.24, 2.45) is 5.92 Å². The highest BCUT2D eigenvalue weighted by Gasteiger charge is 2.35. The van der Waals surface area contributed by atoms with Crippen molar-refractivity contribution in [3.05, 3.63) is 24.3 Å². The zero-order valence-electron chi connectivity index (χ0n) is 13.4. The number of anilines is 1. The molecule has 2 fully saturated rings. The molecule has 1 aromatic carbocycles. The van der Waals surface area contributed by atoms with Gasteiger partial charge in [-0.25, -0.2) is 0 Å². The molecule has 6 heteroatoms. The number of nitrogens with one attached hydrogen (secondary N) is 2. The third-order valence-corrected chi connectivity index (χ3v) is 5.31. The van der Waals surface area contributed by atoms with Crippen molar-refractivity contribution >= 4 is 29.3 Å². The van der Waals surface area contributed by atoms with Gasteiger partial charge in [0.2, 0.25) is 11.8 Å². The Morgan fingerprint density at radius 3 is 2.61 bits per heavy atom. The third-order valence-electron chi connectivity index (χ3n) is 4.57. The molecule has 5 nitrogen and oxygen atoms in total. The molecule has 2 aliphatic rings. The summed E-state index contributed by atoms with van der Waals surface area (Å²) in [7, 11) is 0. The molecule has 2 amide bonds. The summed E-state index contributed by atoms with van der Waals surface area (Å²) in [6, 6.07) is 8.17. The molecule has 2 N–H and O–H groups in total. The van der Waals surface area contributed by atoms with E-state index in [0.717, 1.165) is 31.6 Å². The van der Waals surface area contributed by atoms with Gasteiger partial charge in [0.25, 0.3) is 0 Å². The Morgan fingerprint density at radius 1 is 1.26 bits per heavy atom. The molecule has 0 aromatic heterocycles. The summed E-state index contributed by atoms with van der Waals surface area (Å²) in [6.45, 7) is 2.37. The maximum absolute atomic E-state index is 12.4. The average Bonchev–Trinajstić information content (AvgIpc) is 2.98. The number of carbonyl (C=O) groups is 2. The summed E-state index contributed by atoms with van der Waals surface area (Å²) < 4.78 is 0. The van der Waals surface area contributed by atoms with E-state index >= 15 is 0 Å². The zero-order valence-corrected chi connectivity index (χ0v) is 14.2. The molecule has 2 saturated heterocycles. The molecule has 1 atom stereocenters. The van der Waals surface area contributed by atoms with E-state index in [0.29, 0.717) is 13.0 Å². The summed E-state index contributed by atoms with van der Waals surface area (Å²) >= 11 is 1.67. The van der Waals surface area contributed by atoms with Crippen LogP contribution in [0.25, 0.3) is 0 Å². The molecular weight excluding hydrogens is 310 g/mol. The van der Waals surface area contributed by atoms with Crippen molar-refractivity contribution in [2.75, 3.05) is 30.8 Å². The van der Waals surface area contributed by atoms with Gasteiger partial charge in [-0.05, 0) is 56.5 Å². The Morgan fingerprint density at radius 2 is 1.96 bits per heavy atom. The van der Waals surface area contributed by atoms with Crippen LogP contribution in [0.15, 0.2) is 29.2 Å². The van der Waals surface area contributed by atoms with Crippen molar-refractivity contribution in [1.82, 2.24) is 10.6 Å². The number of amides is 2. The average molecular weight is 333 g/mol. The monoisotopic (exact) mass is 333 g/mol. The van der Waals surface area contributed by atoms with Crippen LogP contribution in [-0.2, 0) is 9.59 Å². The molecule has 0 aliphatic carbocycles. The minimum absolute atomic E-state index is 0.0217. The smallest absolute Gasteiger partial charge is 0.227 e. The van der Waals surface area contributed by atoms with Crippen LogP contribution in [0.1, 0.15) is 19.3 Å². The van der Waals surface area contributed by atoms with Gasteiger partial charge in [-0.3, -0.25) is 9.59 Å². The standard InChI is InChI=1S/C17H23N3O2S/c1-23-15-4-2-14(3-5-15)20-11-12(10-16(20)21)17(22)19-13-6-8-18-9-7-13/h2-5,12-13,18H,6-11H2,1H3,(H,19,22). The molecule has 0 saturated carbocycles. The predicted molar refractivity (Wildman–Crippen MR) is 92.7 cm³/mol. The maximum atomic E-state index is 12.4. The van der Waals surface area contributed by atoms with E-state index in [9.17, 15) is 9.59 Å². The Kier molecular flexibility index (Phi) is 5.23. The van der Waals surface area contributed by atoms with Crippen molar-refractivity contribution in [3.63, 3.8) is 0 Å². The number of nitrogens with zero attached hydrogens (tertiary/aromatic N) is 1. The van der Waals surface area contributed by atoms with E-state index in [1.54, 1.807) is 16.7 Å². The van der Waals surface area contributed by atoms with Crippen molar-refractivity contribution in [1.29, 1.82) is 0 Å². The molecule has 2 heterocycles. The fourth-order valence-corrected chi connectivity index (χ4v) is 3.59. The van der Waals surface area contributed by atoms with E-state index in [4.69, 9.17) is 0 Å². The van der Waals surface area contributed by atoms with E-state index in [2.05, 4.69) is 10.6 Å². The third kappa shape index (κ3) is 3.87. The lowest BCUT2D eigenvalue weighted by Gasteiger charge is -2.25. The summed E-state index contributed by atoms with van der Waals surface area (Å²) in [4.78, 5) is 27.6. The number of benzene rings is 1. The van der Waals surface area contributed by atoms with Crippen LogP contribution in [0.5, 0.6) is 0 Å². The first-order valence-corrected chi connectivity index (χ1v) is 9.35. The van der Waals surface area contributed by atoms with Crippen LogP contribution < -0.4 is 15.5 Å². The van der Waals surface area contributed by atoms with Gasteiger partial charge in [0.15, 0.2) is 0 Å². The Hall–Kier alpha value is -1.53. The van der Waals surface area contributed by atoms with E-state index in [-0.39, 0.29) is 23.8 Å². The Labute approximate surface area is 141 Å². The predicted octanol–water partition coefficient (Wildman–Crippen LogP) is 1.63. The quantitative estimate of drug-likeness (QED) is 0.822. The van der Waals surface area contributed by atoms with Crippen LogP contribution >= 0.6 is 11.8 Å². The highest BCUT2D eigenvalue weighted by atomic mass is 32.2. The molecule has 0 radical (unpaired) electrons. The highest BCUT2D eigenvalue weighted by Crippen LogP contribution is 2.27. The molecule has 124 valence electrons. The molecule has 1 unspecified atom stereocenters. The van der Waals surface area contributed by atoms with E-state index in [1.165, 1.54) is 4.90 Å². The normalized spacial score (nSPS) is 22.4. The van der Waals surface area contributed by atoms with Gasteiger partial charge in [-0.15, -0.1) is 11.8 Å². The Bertz CT molecular complexity index is 570. The van der Waals surface area contributed by atoms with Crippen LogP contribution in [0.4, 0.5) is 5.69 Å². The number of thioether (sulfide) groups is 1. The minimum Gasteiger partial charge on any atom is -0.353 e. The first kappa shape index (κ1) is 16.3. The topological polar surface area (TPSA) is 61.4 Å². The van der Waals surface area contributed by atoms with Gasteiger partial charge in [0.05, 0.1) is 5.92 Å².